The van der Waals surface area contributed by atoms with Gasteiger partial charge in [0.05, 0.1) is 4.47 Å². The standard InChI is InChI=1S/C12H10BrClN2O/c1-8-2-4-11(10(13)6-8)17-7-9-3-5-12(14)16-15-9/h2-6H,7H2,1H3. The molecule has 0 amide bonds. The monoisotopic (exact) mass is 312 g/mol. The minimum atomic E-state index is 0.367. The minimum Gasteiger partial charge on any atom is -0.486 e. The average Bonchev–Trinajstić information content (AvgIpc) is 2.30. The highest BCUT2D eigenvalue weighted by atomic mass is 79.9. The Morgan fingerprint density at radius 3 is 2.71 bits per heavy atom. The van der Waals surface area contributed by atoms with E-state index in [0.29, 0.717) is 11.8 Å². The largest absolute Gasteiger partial charge is 0.486 e. The average molecular weight is 314 g/mol. The predicted molar refractivity (Wildman–Crippen MR) is 70.3 cm³/mol. The molecule has 0 unspecified atom stereocenters. The van der Waals surface area contributed by atoms with Gasteiger partial charge in [-0.15, -0.1) is 5.10 Å². The van der Waals surface area contributed by atoms with Crippen LogP contribution in [0.3, 0.4) is 0 Å². The normalized spacial score (nSPS) is 10.3. The van der Waals surface area contributed by atoms with Crippen LogP contribution < -0.4 is 4.74 Å². The van der Waals surface area contributed by atoms with Crippen molar-refractivity contribution in [3.8, 4) is 5.75 Å². The van der Waals surface area contributed by atoms with E-state index in [1.807, 2.05) is 25.1 Å². The second-order valence-corrected chi connectivity index (χ2v) is 4.81. The molecule has 0 aliphatic heterocycles. The van der Waals surface area contributed by atoms with Crippen LogP contribution in [0.25, 0.3) is 0 Å². The molecule has 17 heavy (non-hydrogen) atoms. The fourth-order valence-electron chi connectivity index (χ4n) is 1.30. The minimum absolute atomic E-state index is 0.367. The highest BCUT2D eigenvalue weighted by Gasteiger charge is 2.02. The van der Waals surface area contributed by atoms with Gasteiger partial charge >= 0.3 is 0 Å². The van der Waals surface area contributed by atoms with Gasteiger partial charge in [0.1, 0.15) is 18.1 Å². The van der Waals surface area contributed by atoms with Crippen molar-refractivity contribution < 1.29 is 4.74 Å². The fraction of sp³-hybridized carbons (Fsp3) is 0.167. The maximum Gasteiger partial charge on any atom is 0.151 e. The lowest BCUT2D eigenvalue weighted by atomic mass is 10.2. The van der Waals surface area contributed by atoms with E-state index in [9.17, 15) is 0 Å². The molecule has 0 atom stereocenters. The number of aromatic nitrogens is 2. The first-order chi connectivity index (χ1) is 8.15. The van der Waals surface area contributed by atoms with E-state index in [1.54, 1.807) is 12.1 Å². The number of halogens is 2. The van der Waals surface area contributed by atoms with Crippen LogP contribution in [0.5, 0.6) is 5.75 Å². The van der Waals surface area contributed by atoms with Crippen LogP contribution in [0.2, 0.25) is 5.15 Å². The predicted octanol–water partition coefficient (Wildman–Crippen LogP) is 3.78. The summed E-state index contributed by atoms with van der Waals surface area (Å²) in [4.78, 5) is 0. The van der Waals surface area contributed by atoms with Crippen LogP contribution in [0.1, 0.15) is 11.3 Å². The summed E-state index contributed by atoms with van der Waals surface area (Å²) >= 11 is 9.10. The molecule has 1 aromatic heterocycles. The molecule has 0 aliphatic rings. The summed E-state index contributed by atoms with van der Waals surface area (Å²) in [7, 11) is 0. The third kappa shape index (κ3) is 3.41. The zero-order valence-corrected chi connectivity index (χ0v) is 11.5. The molecule has 0 saturated heterocycles. The molecule has 88 valence electrons. The van der Waals surface area contributed by atoms with Crippen LogP contribution in [0, 0.1) is 6.92 Å². The Labute approximate surface area is 113 Å². The molecular formula is C12H10BrClN2O. The summed E-state index contributed by atoms with van der Waals surface area (Å²) in [5.74, 6) is 0.785. The zero-order valence-electron chi connectivity index (χ0n) is 9.15. The van der Waals surface area contributed by atoms with Gasteiger partial charge in [-0.1, -0.05) is 17.7 Å². The number of benzene rings is 1. The molecule has 0 N–H and O–H groups in total. The van der Waals surface area contributed by atoms with Gasteiger partial charge in [-0.3, -0.25) is 0 Å². The van der Waals surface area contributed by atoms with Gasteiger partial charge in [0.15, 0.2) is 5.15 Å². The Balaban J connectivity index is 2.04. The van der Waals surface area contributed by atoms with Crippen molar-refractivity contribution >= 4 is 27.5 Å². The Bertz CT molecular complexity index is 516. The maximum absolute atomic E-state index is 5.65. The summed E-state index contributed by atoms with van der Waals surface area (Å²) in [6.45, 7) is 2.39. The maximum atomic E-state index is 5.65. The van der Waals surface area contributed by atoms with E-state index in [2.05, 4.69) is 26.1 Å². The Hall–Kier alpha value is -1.13. The lowest BCUT2D eigenvalue weighted by Crippen LogP contribution is -2.00. The molecule has 3 nitrogen and oxygen atoms in total. The van der Waals surface area contributed by atoms with Crippen molar-refractivity contribution in [1.82, 2.24) is 10.2 Å². The molecule has 1 heterocycles. The summed E-state index contributed by atoms with van der Waals surface area (Å²) in [6.07, 6.45) is 0. The van der Waals surface area contributed by atoms with Crippen LogP contribution in [0.15, 0.2) is 34.8 Å². The zero-order chi connectivity index (χ0) is 12.3. The smallest absolute Gasteiger partial charge is 0.151 e. The van der Waals surface area contributed by atoms with Crippen LogP contribution in [0.4, 0.5) is 0 Å². The molecule has 0 spiro atoms. The molecule has 2 rings (SSSR count). The quantitative estimate of drug-likeness (QED) is 0.865. The van der Waals surface area contributed by atoms with Crippen molar-refractivity contribution in [3.63, 3.8) is 0 Å². The van der Waals surface area contributed by atoms with E-state index < -0.39 is 0 Å². The number of hydrogen-bond donors (Lipinski definition) is 0. The van der Waals surface area contributed by atoms with Gasteiger partial charge in [-0.05, 0) is 52.7 Å². The summed E-state index contributed by atoms with van der Waals surface area (Å²) in [5.41, 5.74) is 1.91. The highest BCUT2D eigenvalue weighted by Crippen LogP contribution is 2.26. The third-order valence-corrected chi connectivity index (χ3v) is 2.97. The van der Waals surface area contributed by atoms with E-state index >= 15 is 0 Å². The van der Waals surface area contributed by atoms with Crippen molar-refractivity contribution in [2.45, 2.75) is 13.5 Å². The van der Waals surface area contributed by atoms with Crippen molar-refractivity contribution in [2.75, 3.05) is 0 Å². The van der Waals surface area contributed by atoms with Gasteiger partial charge in [-0.25, -0.2) is 0 Å². The van der Waals surface area contributed by atoms with E-state index in [0.717, 1.165) is 15.9 Å². The van der Waals surface area contributed by atoms with Gasteiger partial charge in [0.2, 0.25) is 0 Å². The molecule has 0 fully saturated rings. The molecule has 0 aliphatic carbocycles. The van der Waals surface area contributed by atoms with E-state index in [4.69, 9.17) is 16.3 Å². The van der Waals surface area contributed by atoms with E-state index in [1.165, 1.54) is 5.56 Å². The molecule has 0 bridgehead atoms. The molecule has 1 aromatic carbocycles. The van der Waals surface area contributed by atoms with Crippen LogP contribution >= 0.6 is 27.5 Å². The third-order valence-electron chi connectivity index (χ3n) is 2.15. The highest BCUT2D eigenvalue weighted by molar-refractivity contribution is 9.10. The van der Waals surface area contributed by atoms with Gasteiger partial charge < -0.3 is 4.74 Å². The number of ether oxygens (including phenoxy) is 1. The van der Waals surface area contributed by atoms with Crippen molar-refractivity contribution in [3.05, 3.63) is 51.2 Å². The Kier molecular flexibility index (Phi) is 3.97. The number of hydrogen-bond acceptors (Lipinski definition) is 3. The molecular weight excluding hydrogens is 304 g/mol. The second kappa shape index (κ2) is 5.47. The lowest BCUT2D eigenvalue weighted by Gasteiger charge is -2.07. The molecule has 5 heteroatoms. The van der Waals surface area contributed by atoms with Gasteiger partial charge in [-0.2, -0.15) is 5.10 Å². The van der Waals surface area contributed by atoms with Gasteiger partial charge in [0, 0.05) is 0 Å². The fourth-order valence-corrected chi connectivity index (χ4v) is 2.00. The van der Waals surface area contributed by atoms with Gasteiger partial charge in [0.25, 0.3) is 0 Å². The van der Waals surface area contributed by atoms with Crippen molar-refractivity contribution in [2.24, 2.45) is 0 Å². The number of nitrogens with zero attached hydrogens (tertiary/aromatic N) is 2. The topological polar surface area (TPSA) is 35.0 Å². The summed E-state index contributed by atoms with van der Waals surface area (Å²) < 4.78 is 6.56. The van der Waals surface area contributed by atoms with E-state index in [-0.39, 0.29) is 0 Å². The Morgan fingerprint density at radius 1 is 1.24 bits per heavy atom. The molecule has 0 radical (unpaired) electrons. The first-order valence-corrected chi connectivity index (χ1v) is 6.19. The summed E-state index contributed by atoms with van der Waals surface area (Å²) in [5, 5.41) is 8.05. The van der Waals surface area contributed by atoms with Crippen molar-refractivity contribution in [1.29, 1.82) is 0 Å². The SMILES string of the molecule is Cc1ccc(OCc2ccc(Cl)nn2)c(Br)c1. The first-order valence-electron chi connectivity index (χ1n) is 5.02. The van der Waals surface area contributed by atoms with Crippen LogP contribution in [-0.2, 0) is 6.61 Å². The molecule has 0 saturated carbocycles. The number of rotatable bonds is 3. The van der Waals surface area contributed by atoms with Crippen LogP contribution in [-0.4, -0.2) is 10.2 Å². The summed E-state index contributed by atoms with van der Waals surface area (Å²) in [6, 6.07) is 9.40. The second-order valence-electron chi connectivity index (χ2n) is 3.57. The molecule has 2 aromatic rings. The lowest BCUT2D eigenvalue weighted by molar-refractivity contribution is 0.298. The number of aryl methyl sites for hydroxylation is 1. The first kappa shape index (κ1) is 12.3. The Morgan fingerprint density at radius 2 is 2.06 bits per heavy atom.